The fraction of sp³-hybridized carbons (Fsp3) is 0.591. The highest BCUT2D eigenvalue weighted by molar-refractivity contribution is 6.14. The van der Waals surface area contributed by atoms with Gasteiger partial charge in [0.15, 0.2) is 5.76 Å². The summed E-state index contributed by atoms with van der Waals surface area (Å²) in [6, 6.07) is 0. The van der Waals surface area contributed by atoms with Gasteiger partial charge in [-0.2, -0.15) is 0 Å². The Hall–Kier alpha value is -2.17. The molecule has 1 aliphatic heterocycles. The van der Waals surface area contributed by atoms with Crippen LogP contribution in [0.3, 0.4) is 0 Å². The average Bonchev–Trinajstić information content (AvgIpc) is 3.19. The summed E-state index contributed by atoms with van der Waals surface area (Å²) in [6.45, 7) is 8.21. The average molecular weight is 368 g/mol. The number of ketones is 2. The van der Waals surface area contributed by atoms with E-state index in [9.17, 15) is 14.4 Å². The number of hydrogen-bond acceptors (Lipinski definition) is 5. The molecule has 5 rings (SSSR count). The minimum absolute atomic E-state index is 0.0685. The van der Waals surface area contributed by atoms with E-state index in [2.05, 4.69) is 13.8 Å². The predicted octanol–water partition coefficient (Wildman–Crippen LogP) is 4.00. The van der Waals surface area contributed by atoms with Crippen molar-refractivity contribution < 1.29 is 23.5 Å². The number of esters is 1. The summed E-state index contributed by atoms with van der Waals surface area (Å²) in [6.07, 6.45) is 3.67. The highest BCUT2D eigenvalue weighted by Gasteiger charge is 2.62. The van der Waals surface area contributed by atoms with Crippen molar-refractivity contribution in [2.75, 3.05) is 0 Å². The van der Waals surface area contributed by atoms with E-state index in [1.807, 2.05) is 13.8 Å². The van der Waals surface area contributed by atoms with Gasteiger partial charge < -0.3 is 9.15 Å². The molecule has 0 radical (unpaired) electrons. The number of carbonyl (C=O) groups excluding carboxylic acids is 3. The fourth-order valence-corrected chi connectivity index (χ4v) is 6.64. The molecule has 0 bridgehead atoms. The standard InChI is InChI=1S/C22H24O5/c1-5-14-22(4)16-10(2)8-21(3)12(6-7-13(21)23)15(16)18(24)19-17(22)11(9-26-19)20(25)27-14/h9-10,12,14H,5-8H2,1-4H3/t10-,12+,14-,21+,22-/m1/s1. The summed E-state index contributed by atoms with van der Waals surface area (Å²) in [4.78, 5) is 38.7. The molecule has 1 fully saturated rings. The highest BCUT2D eigenvalue weighted by Crippen LogP contribution is 2.62. The van der Waals surface area contributed by atoms with Crippen LogP contribution in [0.25, 0.3) is 0 Å². The molecule has 1 aromatic heterocycles. The van der Waals surface area contributed by atoms with Crippen LogP contribution in [0.5, 0.6) is 0 Å². The van der Waals surface area contributed by atoms with Gasteiger partial charge in [-0.15, -0.1) is 0 Å². The number of hydrogen-bond donors (Lipinski definition) is 0. The number of ether oxygens (including phenoxy) is 1. The Morgan fingerprint density at radius 1 is 1.22 bits per heavy atom. The van der Waals surface area contributed by atoms with Crippen molar-refractivity contribution in [3.05, 3.63) is 34.3 Å². The van der Waals surface area contributed by atoms with E-state index in [4.69, 9.17) is 9.15 Å². The molecule has 0 unspecified atom stereocenters. The zero-order chi connectivity index (χ0) is 19.3. The number of Topliss-reactive ketones (excluding diaryl/α,β-unsaturated/α-hetero) is 2. The smallest absolute Gasteiger partial charge is 0.342 e. The number of furan rings is 1. The summed E-state index contributed by atoms with van der Waals surface area (Å²) in [7, 11) is 0. The third kappa shape index (κ3) is 1.74. The maximum absolute atomic E-state index is 13.5. The topological polar surface area (TPSA) is 73.6 Å². The van der Waals surface area contributed by atoms with E-state index in [1.165, 1.54) is 6.26 Å². The van der Waals surface area contributed by atoms with Crippen LogP contribution in [-0.2, 0) is 14.9 Å². The van der Waals surface area contributed by atoms with Gasteiger partial charge in [0.2, 0.25) is 5.78 Å². The molecule has 1 saturated carbocycles. The van der Waals surface area contributed by atoms with Crippen molar-refractivity contribution in [2.45, 2.75) is 64.9 Å². The van der Waals surface area contributed by atoms with Gasteiger partial charge in [0.25, 0.3) is 0 Å². The lowest BCUT2D eigenvalue weighted by molar-refractivity contribution is -0.127. The van der Waals surface area contributed by atoms with Crippen LogP contribution in [0.4, 0.5) is 0 Å². The van der Waals surface area contributed by atoms with Gasteiger partial charge in [-0.05, 0) is 37.7 Å². The molecule has 2 heterocycles. The van der Waals surface area contributed by atoms with E-state index in [-0.39, 0.29) is 35.3 Å². The van der Waals surface area contributed by atoms with Crippen LogP contribution in [0.2, 0.25) is 0 Å². The Kier molecular flexibility index (Phi) is 3.14. The first-order chi connectivity index (χ1) is 12.7. The van der Waals surface area contributed by atoms with Gasteiger partial charge >= 0.3 is 5.97 Å². The quantitative estimate of drug-likeness (QED) is 0.701. The Morgan fingerprint density at radius 3 is 2.67 bits per heavy atom. The first-order valence-electron chi connectivity index (χ1n) is 9.90. The number of fused-ring (bicyclic) bond motifs is 3. The molecule has 0 saturated heterocycles. The fourth-order valence-electron chi connectivity index (χ4n) is 6.64. The summed E-state index contributed by atoms with van der Waals surface area (Å²) >= 11 is 0. The molecule has 142 valence electrons. The van der Waals surface area contributed by atoms with Gasteiger partial charge in [0, 0.05) is 28.9 Å². The zero-order valence-corrected chi connectivity index (χ0v) is 16.2. The first kappa shape index (κ1) is 17.0. The van der Waals surface area contributed by atoms with Gasteiger partial charge in [-0.1, -0.05) is 20.8 Å². The zero-order valence-electron chi connectivity index (χ0n) is 16.2. The largest absolute Gasteiger partial charge is 0.460 e. The maximum atomic E-state index is 13.5. The molecule has 0 spiro atoms. The third-order valence-corrected chi connectivity index (χ3v) is 7.73. The molecule has 5 atom stereocenters. The van der Waals surface area contributed by atoms with Crippen molar-refractivity contribution >= 4 is 17.5 Å². The lowest BCUT2D eigenvalue weighted by Gasteiger charge is -2.52. The monoisotopic (exact) mass is 368 g/mol. The number of carbonyl (C=O) groups is 3. The van der Waals surface area contributed by atoms with Crippen molar-refractivity contribution in [3.63, 3.8) is 0 Å². The second-order valence-corrected chi connectivity index (χ2v) is 9.05. The predicted molar refractivity (Wildman–Crippen MR) is 96.5 cm³/mol. The van der Waals surface area contributed by atoms with Gasteiger partial charge in [0.1, 0.15) is 23.7 Å². The van der Waals surface area contributed by atoms with E-state index < -0.39 is 16.8 Å². The second kappa shape index (κ2) is 5.00. The molecule has 4 aliphatic rings. The first-order valence-corrected chi connectivity index (χ1v) is 9.90. The molecule has 1 aromatic rings. The lowest BCUT2D eigenvalue weighted by atomic mass is 9.52. The van der Waals surface area contributed by atoms with Crippen LogP contribution in [0, 0.1) is 17.3 Å². The van der Waals surface area contributed by atoms with E-state index >= 15 is 0 Å². The maximum Gasteiger partial charge on any atom is 0.342 e. The summed E-state index contributed by atoms with van der Waals surface area (Å²) in [5, 5.41) is 0. The molecule has 0 amide bonds. The van der Waals surface area contributed by atoms with E-state index in [0.717, 1.165) is 17.6 Å². The van der Waals surface area contributed by atoms with Crippen LogP contribution < -0.4 is 0 Å². The number of rotatable bonds is 1. The number of allylic oxidation sites excluding steroid dienone is 1. The van der Waals surface area contributed by atoms with Crippen LogP contribution in [0.15, 0.2) is 21.8 Å². The molecular formula is C22H24O5. The molecule has 0 N–H and O–H groups in total. The van der Waals surface area contributed by atoms with E-state index in [0.29, 0.717) is 30.4 Å². The van der Waals surface area contributed by atoms with Crippen LogP contribution in [0.1, 0.15) is 79.9 Å². The normalized spacial score (nSPS) is 39.9. The Morgan fingerprint density at radius 2 is 1.96 bits per heavy atom. The molecule has 0 aromatic carbocycles. The minimum atomic E-state index is -0.573. The van der Waals surface area contributed by atoms with Crippen molar-refractivity contribution in [1.82, 2.24) is 0 Å². The van der Waals surface area contributed by atoms with Crippen molar-refractivity contribution in [2.24, 2.45) is 17.3 Å². The SMILES string of the molecule is CC[C@H]1OC(=O)c2coc3c2[C@@]1(C)C1=C(C3=O)[C@@H]2CCC(=O)[C@@]2(C)C[C@H]1C. The molecular weight excluding hydrogens is 344 g/mol. The highest BCUT2D eigenvalue weighted by atomic mass is 16.5. The minimum Gasteiger partial charge on any atom is -0.460 e. The Balaban J connectivity index is 1.84. The molecule has 27 heavy (non-hydrogen) atoms. The molecule has 5 nitrogen and oxygen atoms in total. The van der Waals surface area contributed by atoms with Gasteiger partial charge in [-0.25, -0.2) is 4.79 Å². The number of cyclic esters (lactones) is 1. The Bertz CT molecular complexity index is 950. The summed E-state index contributed by atoms with van der Waals surface area (Å²) in [5.74, 6) is -0.0123. The Labute approximate surface area is 158 Å². The summed E-state index contributed by atoms with van der Waals surface area (Å²) < 4.78 is 11.4. The molecule has 3 aliphatic carbocycles. The van der Waals surface area contributed by atoms with Crippen LogP contribution >= 0.6 is 0 Å². The van der Waals surface area contributed by atoms with E-state index in [1.54, 1.807) is 0 Å². The second-order valence-electron chi connectivity index (χ2n) is 9.05. The van der Waals surface area contributed by atoms with Crippen molar-refractivity contribution in [3.8, 4) is 0 Å². The van der Waals surface area contributed by atoms with Crippen molar-refractivity contribution in [1.29, 1.82) is 0 Å². The third-order valence-electron chi connectivity index (χ3n) is 7.73. The van der Waals surface area contributed by atoms with Gasteiger partial charge in [-0.3, -0.25) is 9.59 Å². The lowest BCUT2D eigenvalue weighted by Crippen LogP contribution is -2.53. The molecule has 5 heteroatoms. The summed E-state index contributed by atoms with van der Waals surface area (Å²) in [5.41, 5.74) is 1.85. The van der Waals surface area contributed by atoms with Gasteiger partial charge in [0.05, 0.1) is 5.41 Å². The van der Waals surface area contributed by atoms with Crippen LogP contribution in [-0.4, -0.2) is 23.6 Å².